The Bertz CT molecular complexity index is 195. The van der Waals surface area contributed by atoms with Crippen LogP contribution < -0.4 is 5.73 Å². The van der Waals surface area contributed by atoms with E-state index in [1.54, 1.807) is 11.5 Å². The van der Waals surface area contributed by atoms with Crippen LogP contribution in [0.1, 0.15) is 16.9 Å². The Labute approximate surface area is 65.2 Å². The summed E-state index contributed by atoms with van der Waals surface area (Å²) in [5.74, 6) is 0. The quantitative estimate of drug-likeness (QED) is 0.717. The molecule has 0 aliphatic rings. The zero-order chi connectivity index (χ0) is 7.40. The fourth-order valence-electron chi connectivity index (χ4n) is 0.818. The number of nitrogens with zero attached hydrogens (tertiary/aromatic N) is 1. The van der Waals surface area contributed by atoms with Crippen LogP contribution in [0, 0.1) is 6.92 Å². The van der Waals surface area contributed by atoms with Gasteiger partial charge < -0.3 is 5.73 Å². The minimum absolute atomic E-state index is 0.775. The number of aromatic nitrogens is 1. The number of hydrogen-bond donors (Lipinski definition) is 1. The summed E-state index contributed by atoms with van der Waals surface area (Å²) in [6, 6.07) is 0. The third kappa shape index (κ3) is 1.78. The van der Waals surface area contributed by atoms with Crippen molar-refractivity contribution in [1.29, 1.82) is 0 Å². The van der Waals surface area contributed by atoms with E-state index >= 15 is 0 Å². The van der Waals surface area contributed by atoms with E-state index in [2.05, 4.69) is 11.3 Å². The molecule has 10 heavy (non-hydrogen) atoms. The van der Waals surface area contributed by atoms with E-state index in [-0.39, 0.29) is 0 Å². The third-order valence-electron chi connectivity index (χ3n) is 1.46. The minimum atomic E-state index is 0.775. The van der Waals surface area contributed by atoms with Crippen LogP contribution in [-0.2, 0) is 6.42 Å². The highest BCUT2D eigenvalue weighted by Crippen LogP contribution is 2.13. The van der Waals surface area contributed by atoms with Crippen LogP contribution in [0.2, 0.25) is 0 Å². The Balaban J connectivity index is 2.49. The molecule has 3 heteroatoms. The Morgan fingerprint density at radius 2 is 2.50 bits per heavy atom. The second kappa shape index (κ2) is 3.68. The molecule has 0 atom stereocenters. The fourth-order valence-corrected chi connectivity index (χ4v) is 1.59. The monoisotopic (exact) mass is 156 g/mol. The Morgan fingerprint density at radius 3 is 3.00 bits per heavy atom. The van der Waals surface area contributed by atoms with Gasteiger partial charge in [0.15, 0.2) is 0 Å². The van der Waals surface area contributed by atoms with Crippen molar-refractivity contribution in [3.8, 4) is 0 Å². The largest absolute Gasteiger partial charge is 0.330 e. The maximum Gasteiger partial charge on any atom is 0.0438 e. The zero-order valence-electron chi connectivity index (χ0n) is 6.13. The van der Waals surface area contributed by atoms with Gasteiger partial charge in [-0.25, -0.2) is 4.37 Å². The SMILES string of the molecule is Cc1cnsc1CCCN. The van der Waals surface area contributed by atoms with Gasteiger partial charge >= 0.3 is 0 Å². The summed E-state index contributed by atoms with van der Waals surface area (Å²) >= 11 is 1.58. The molecule has 0 saturated carbocycles. The molecular weight excluding hydrogens is 144 g/mol. The number of aryl methyl sites for hydroxylation is 2. The van der Waals surface area contributed by atoms with Crippen LogP contribution in [0.15, 0.2) is 6.20 Å². The van der Waals surface area contributed by atoms with Crippen LogP contribution in [0.25, 0.3) is 0 Å². The van der Waals surface area contributed by atoms with Crippen molar-refractivity contribution >= 4 is 11.5 Å². The first-order valence-corrected chi connectivity index (χ1v) is 4.22. The molecule has 1 aromatic heterocycles. The predicted molar refractivity (Wildman–Crippen MR) is 44.2 cm³/mol. The second-order valence-corrected chi connectivity index (χ2v) is 3.21. The molecule has 0 saturated heterocycles. The maximum atomic E-state index is 5.38. The maximum absolute atomic E-state index is 5.38. The van der Waals surface area contributed by atoms with Crippen molar-refractivity contribution in [1.82, 2.24) is 4.37 Å². The van der Waals surface area contributed by atoms with Crippen molar-refractivity contribution in [3.63, 3.8) is 0 Å². The first-order valence-electron chi connectivity index (χ1n) is 3.45. The van der Waals surface area contributed by atoms with Crippen molar-refractivity contribution in [2.45, 2.75) is 19.8 Å². The van der Waals surface area contributed by atoms with Crippen LogP contribution in [0.3, 0.4) is 0 Å². The summed E-state index contributed by atoms with van der Waals surface area (Å²) in [6.07, 6.45) is 4.08. The molecule has 0 spiro atoms. The molecule has 56 valence electrons. The van der Waals surface area contributed by atoms with Crippen LogP contribution >= 0.6 is 11.5 Å². The summed E-state index contributed by atoms with van der Waals surface area (Å²) in [4.78, 5) is 1.38. The van der Waals surface area contributed by atoms with Gasteiger partial charge in [-0.2, -0.15) is 0 Å². The van der Waals surface area contributed by atoms with Crippen molar-refractivity contribution in [2.75, 3.05) is 6.54 Å². The molecular formula is C7H12N2S. The van der Waals surface area contributed by atoms with Gasteiger partial charge in [-0.1, -0.05) is 0 Å². The lowest BCUT2D eigenvalue weighted by molar-refractivity contribution is 0.839. The van der Waals surface area contributed by atoms with Gasteiger partial charge in [0.2, 0.25) is 0 Å². The van der Waals surface area contributed by atoms with Gasteiger partial charge in [0.1, 0.15) is 0 Å². The molecule has 0 aliphatic heterocycles. The normalized spacial score (nSPS) is 10.2. The van der Waals surface area contributed by atoms with E-state index in [1.807, 2.05) is 6.20 Å². The molecule has 1 aromatic rings. The first kappa shape index (κ1) is 7.69. The topological polar surface area (TPSA) is 38.9 Å². The minimum Gasteiger partial charge on any atom is -0.330 e. The van der Waals surface area contributed by atoms with Crippen molar-refractivity contribution < 1.29 is 0 Å². The Kier molecular flexibility index (Phi) is 2.83. The summed E-state index contributed by atoms with van der Waals surface area (Å²) < 4.78 is 4.08. The molecule has 1 heterocycles. The lowest BCUT2D eigenvalue weighted by Gasteiger charge is -1.93. The van der Waals surface area contributed by atoms with E-state index in [4.69, 9.17) is 5.73 Å². The van der Waals surface area contributed by atoms with Crippen molar-refractivity contribution in [3.05, 3.63) is 16.6 Å². The van der Waals surface area contributed by atoms with E-state index in [9.17, 15) is 0 Å². The van der Waals surface area contributed by atoms with Crippen LogP contribution in [0.4, 0.5) is 0 Å². The molecule has 2 nitrogen and oxygen atoms in total. The van der Waals surface area contributed by atoms with E-state index in [1.165, 1.54) is 10.4 Å². The zero-order valence-corrected chi connectivity index (χ0v) is 6.95. The van der Waals surface area contributed by atoms with Crippen LogP contribution in [0.5, 0.6) is 0 Å². The number of rotatable bonds is 3. The van der Waals surface area contributed by atoms with Crippen LogP contribution in [-0.4, -0.2) is 10.9 Å². The molecule has 0 aromatic carbocycles. The van der Waals surface area contributed by atoms with Gasteiger partial charge in [-0.05, 0) is 43.4 Å². The fraction of sp³-hybridized carbons (Fsp3) is 0.571. The average Bonchev–Trinajstić information content (AvgIpc) is 2.31. The molecule has 0 aliphatic carbocycles. The van der Waals surface area contributed by atoms with Gasteiger partial charge in [-0.15, -0.1) is 0 Å². The first-order chi connectivity index (χ1) is 4.84. The molecule has 1 rings (SSSR count). The summed E-state index contributed by atoms with van der Waals surface area (Å²) in [5, 5.41) is 0. The average molecular weight is 156 g/mol. The molecule has 0 fully saturated rings. The Hall–Kier alpha value is -0.410. The van der Waals surface area contributed by atoms with Gasteiger partial charge in [0.25, 0.3) is 0 Å². The predicted octanol–water partition coefficient (Wildman–Crippen LogP) is 1.34. The molecule has 0 bridgehead atoms. The highest BCUT2D eigenvalue weighted by atomic mass is 32.1. The summed E-state index contributed by atoms with van der Waals surface area (Å²) in [6.45, 7) is 2.87. The summed E-state index contributed by atoms with van der Waals surface area (Å²) in [5.41, 5.74) is 6.68. The second-order valence-electron chi connectivity index (χ2n) is 2.32. The van der Waals surface area contributed by atoms with Gasteiger partial charge in [0, 0.05) is 11.1 Å². The van der Waals surface area contributed by atoms with Gasteiger partial charge in [0.05, 0.1) is 0 Å². The molecule has 2 N–H and O–H groups in total. The van der Waals surface area contributed by atoms with E-state index in [0.717, 1.165) is 19.4 Å². The van der Waals surface area contributed by atoms with Gasteiger partial charge in [-0.3, -0.25) is 0 Å². The lowest BCUT2D eigenvalue weighted by Crippen LogP contribution is -1.99. The lowest BCUT2D eigenvalue weighted by atomic mass is 10.2. The van der Waals surface area contributed by atoms with E-state index < -0.39 is 0 Å². The smallest absolute Gasteiger partial charge is 0.0438 e. The van der Waals surface area contributed by atoms with Crippen molar-refractivity contribution in [2.24, 2.45) is 5.73 Å². The third-order valence-corrected chi connectivity index (χ3v) is 2.41. The molecule has 0 radical (unpaired) electrons. The molecule has 0 amide bonds. The highest BCUT2D eigenvalue weighted by Gasteiger charge is 1.98. The van der Waals surface area contributed by atoms with E-state index in [0.29, 0.717) is 0 Å². The number of hydrogen-bond acceptors (Lipinski definition) is 3. The summed E-state index contributed by atoms with van der Waals surface area (Å²) in [7, 11) is 0. The molecule has 0 unspecified atom stereocenters. The number of nitrogens with two attached hydrogens (primary N) is 1. The Morgan fingerprint density at radius 1 is 1.70 bits per heavy atom. The standard InChI is InChI=1S/C7H12N2S/c1-6-5-9-10-7(6)3-2-4-8/h5H,2-4,8H2,1H3. The highest BCUT2D eigenvalue weighted by molar-refractivity contribution is 7.05.